The number of aryl methyl sites for hydroxylation is 20. The molecule has 5 aliphatic rings. The third-order valence-corrected chi connectivity index (χ3v) is 27.9. The molecule has 15 aromatic rings. The molecule has 5 aliphatic heterocycles. The van der Waals surface area contributed by atoms with Crippen LogP contribution in [0.4, 0.5) is 96.7 Å². The number of rotatable bonds is 5. The summed E-state index contributed by atoms with van der Waals surface area (Å²) in [4.78, 5) is 24.8. The Morgan fingerprint density at radius 3 is 1.01 bits per heavy atom. The topological polar surface area (TPSA) is 67.2 Å². The molecule has 0 N–H and O–H groups in total. The Morgan fingerprint density at radius 1 is 0.237 bits per heavy atom. The van der Waals surface area contributed by atoms with Crippen LogP contribution in [0.15, 0.2) is 283 Å². The van der Waals surface area contributed by atoms with Crippen LogP contribution in [0, 0.1) is 111 Å². The zero-order valence-electron chi connectivity index (χ0n) is 87.6. The highest BCUT2D eigenvalue weighted by Gasteiger charge is 2.35. The predicted molar refractivity (Wildman–Crippen MR) is 594 cm³/mol. The van der Waals surface area contributed by atoms with Crippen LogP contribution in [0.3, 0.4) is 0 Å². The summed E-state index contributed by atoms with van der Waals surface area (Å²) in [6, 6.07) is 98.6. The minimum absolute atomic E-state index is 0.0683. The van der Waals surface area contributed by atoms with Gasteiger partial charge in [0, 0.05) is 22.7 Å². The van der Waals surface area contributed by atoms with Crippen molar-refractivity contribution in [2.24, 2.45) is 10.2 Å². The number of hydrogen-bond donors (Lipinski definition) is 0. The molecule has 0 aliphatic carbocycles. The van der Waals surface area contributed by atoms with Crippen LogP contribution in [0.5, 0.6) is 5.75 Å². The van der Waals surface area contributed by atoms with Gasteiger partial charge >= 0.3 is 5.97 Å². The highest BCUT2D eigenvalue weighted by molar-refractivity contribution is 6.04. The molecule has 0 unspecified atom stereocenters. The Labute approximate surface area is 830 Å². The number of benzene rings is 15. The van der Waals surface area contributed by atoms with Gasteiger partial charge in [0.2, 0.25) is 0 Å². The number of esters is 1. The molecule has 0 aromatic heterocycles. The molecule has 5 heterocycles. The van der Waals surface area contributed by atoms with Gasteiger partial charge in [0.15, 0.2) is 5.75 Å². The van der Waals surface area contributed by atoms with Crippen LogP contribution >= 0.6 is 0 Å². The number of anilines is 15. The summed E-state index contributed by atoms with van der Waals surface area (Å²) in [5.74, 6) is 0.265. The summed E-state index contributed by atoms with van der Waals surface area (Å²) in [6.45, 7) is 62.2. The van der Waals surface area contributed by atoms with Gasteiger partial charge in [-0.2, -0.15) is 0 Å². The van der Waals surface area contributed by atoms with E-state index in [1.165, 1.54) is 202 Å². The number of azo groups is 1. The van der Waals surface area contributed by atoms with E-state index in [1.807, 2.05) is 55.5 Å². The van der Waals surface area contributed by atoms with Crippen molar-refractivity contribution in [2.75, 3.05) is 24.5 Å². The van der Waals surface area contributed by atoms with Gasteiger partial charge < -0.3 is 29.2 Å². The van der Waals surface area contributed by atoms with Crippen molar-refractivity contribution in [3.63, 3.8) is 0 Å². The minimum atomic E-state index is -0.323. The van der Waals surface area contributed by atoms with Crippen molar-refractivity contribution >= 4 is 115 Å². The molecule has 0 saturated carbocycles. The normalized spacial score (nSPS) is 13.4. The summed E-state index contributed by atoms with van der Waals surface area (Å²) >= 11 is 0. The van der Waals surface area contributed by atoms with Gasteiger partial charge in [-0.1, -0.05) is 299 Å². The number of hydrogen-bond acceptors (Lipinski definition) is 9. The molecule has 0 amide bonds. The molecule has 15 aromatic carbocycles. The van der Waals surface area contributed by atoms with E-state index in [0.29, 0.717) is 11.3 Å². The lowest BCUT2D eigenvalue weighted by Gasteiger charge is -2.34. The van der Waals surface area contributed by atoms with Crippen LogP contribution in [0.25, 0.3) is 12.2 Å². The van der Waals surface area contributed by atoms with Crippen LogP contribution in [0.2, 0.25) is 0 Å². The Morgan fingerprint density at radius 2 is 0.532 bits per heavy atom. The average molecular weight is 1830 g/mol. The second-order valence-electron chi connectivity index (χ2n) is 43.6. The van der Waals surface area contributed by atoms with Crippen molar-refractivity contribution in [3.05, 3.63) is 423 Å². The third kappa shape index (κ3) is 20.7. The van der Waals surface area contributed by atoms with Crippen LogP contribution in [-0.2, 0) is 47.3 Å². The lowest BCUT2D eigenvalue weighted by atomic mass is 9.84. The number of fused-ring (bicyclic) bond motifs is 10. The van der Waals surface area contributed by atoms with E-state index in [4.69, 9.17) is 4.74 Å². The number of para-hydroxylation sites is 5. The summed E-state index contributed by atoms with van der Waals surface area (Å²) in [6.07, 6.45) is 10.1. The molecule has 0 bridgehead atoms. The molecule has 708 valence electrons. The fourth-order valence-electron chi connectivity index (χ4n) is 20.9. The van der Waals surface area contributed by atoms with E-state index >= 15 is 0 Å². The minimum Gasteiger partial charge on any atom is -0.421 e. The van der Waals surface area contributed by atoms with Crippen molar-refractivity contribution < 1.29 is 9.53 Å². The van der Waals surface area contributed by atoms with Gasteiger partial charge in [-0.25, -0.2) is 4.79 Å². The summed E-state index contributed by atoms with van der Waals surface area (Å²) in [5.41, 5.74) is 54.8. The lowest BCUT2D eigenvalue weighted by molar-refractivity contribution is 0.0738. The Balaban J connectivity index is 0.000000125. The first-order valence-corrected chi connectivity index (χ1v) is 49.8. The quantitative estimate of drug-likeness (QED) is 0.126. The Bertz CT molecular complexity index is 6920. The average Bonchev–Trinajstić information content (AvgIpc) is 1.78. The van der Waals surface area contributed by atoms with Gasteiger partial charge in [-0.15, -0.1) is 10.2 Å². The number of carbonyl (C=O) groups is 1. The van der Waals surface area contributed by atoms with Crippen molar-refractivity contribution in [1.29, 1.82) is 0 Å². The fourth-order valence-corrected chi connectivity index (χ4v) is 20.9. The molecular weight excluding hydrogens is 1690 g/mol. The maximum Gasteiger partial charge on any atom is 0.345 e. The zero-order chi connectivity index (χ0) is 99.3. The largest absolute Gasteiger partial charge is 0.421 e. The van der Waals surface area contributed by atoms with E-state index < -0.39 is 0 Å². The molecule has 0 atom stereocenters. The Hall–Kier alpha value is -13.9. The summed E-state index contributed by atoms with van der Waals surface area (Å²) in [5, 5.41) is 9.11. The molecule has 0 saturated heterocycles. The molecule has 0 fully saturated rings. The van der Waals surface area contributed by atoms with Crippen molar-refractivity contribution in [3.8, 4) is 5.75 Å². The summed E-state index contributed by atoms with van der Waals surface area (Å²) < 4.78 is 5.79. The smallest absolute Gasteiger partial charge is 0.345 e. The highest BCUT2D eigenvalue weighted by Crippen LogP contribution is 2.55. The maximum absolute atomic E-state index is 12.9. The zero-order valence-corrected chi connectivity index (χ0v) is 87.6. The molecule has 139 heavy (non-hydrogen) atoms. The third-order valence-electron chi connectivity index (χ3n) is 27.9. The van der Waals surface area contributed by atoms with Crippen LogP contribution < -0.4 is 29.2 Å². The van der Waals surface area contributed by atoms with Crippen LogP contribution in [-0.4, -0.2) is 5.97 Å². The monoisotopic (exact) mass is 1830 g/mol. The van der Waals surface area contributed by atoms with Crippen molar-refractivity contribution in [1.82, 2.24) is 0 Å². The molecule has 9 heteroatoms. The van der Waals surface area contributed by atoms with E-state index in [9.17, 15) is 4.79 Å². The van der Waals surface area contributed by atoms with E-state index in [-0.39, 0.29) is 27.6 Å². The molecule has 9 nitrogen and oxygen atoms in total. The van der Waals surface area contributed by atoms with E-state index in [1.54, 1.807) is 0 Å². The van der Waals surface area contributed by atoms with Crippen molar-refractivity contribution in [2.45, 2.75) is 248 Å². The second kappa shape index (κ2) is 39.5. The molecular formula is C130H141N7O2. The lowest BCUT2D eigenvalue weighted by Crippen LogP contribution is -2.18. The SMILES string of the molecule is Cc1cc(C)c(N2c3ccccc3CCCc3cc(C)ccc32)c(C)c1.Cc1ccc2c(c1)C=Cc1ccccc1N2c1c(C)cc(C(C)(C)C)cc1C.Cc1ccc2c(c1)CCc1ccccc1N2c1c(C)cc(C(C)(C)C)cc1C.Cc1ccc2c(c1)N=Nc1ccccc1N2c1c(C)cc(C(C)(C)C)cc1C.Cc1ccc2c(c1)OC(=O)c1ccccc1N2c1c(C)cc(C(C)(C)C)cc1C. The summed E-state index contributed by atoms with van der Waals surface area (Å²) in [7, 11) is 0. The molecule has 0 radical (unpaired) electrons. The highest BCUT2D eigenvalue weighted by atomic mass is 16.5. The number of ether oxygens (including phenoxy) is 1. The second-order valence-corrected chi connectivity index (χ2v) is 43.6. The van der Waals surface area contributed by atoms with Gasteiger partial charge in [0.1, 0.15) is 11.4 Å². The first-order valence-electron chi connectivity index (χ1n) is 49.8. The van der Waals surface area contributed by atoms with Gasteiger partial charge in [-0.05, 0) is 378 Å². The Kier molecular flexibility index (Phi) is 27.9. The molecule has 0 spiro atoms. The van der Waals surface area contributed by atoms with Gasteiger partial charge in [0.05, 0.1) is 68.1 Å². The van der Waals surface area contributed by atoms with Gasteiger partial charge in [-0.3, -0.25) is 0 Å². The fraction of sp³-hybridized carbons (Fsp3) is 0.285. The van der Waals surface area contributed by atoms with Crippen LogP contribution in [0.1, 0.15) is 245 Å². The number of nitrogens with zero attached hydrogens (tertiary/aromatic N) is 7. The first kappa shape index (κ1) is 98.2. The number of carbonyl (C=O) groups excluding carboxylic acids is 1. The maximum atomic E-state index is 12.9. The molecule has 20 rings (SSSR count). The first-order chi connectivity index (χ1) is 66.0. The van der Waals surface area contributed by atoms with Gasteiger partial charge in [0.25, 0.3) is 0 Å². The van der Waals surface area contributed by atoms with E-state index in [0.717, 1.165) is 71.1 Å². The van der Waals surface area contributed by atoms with E-state index in [2.05, 4.69) is 458 Å². The standard InChI is InChI=1S/C27H31N.C27H29N.C26H27NO2.C25H27N3.C25H27N/c2*1-18-11-14-25-22(15-18)13-12-21-9-7-8-10-24(21)28(25)26-19(2)16-23(17-20(26)3)27(4,5)6;1-16-11-12-22-23(13-16)29-25(28)20-9-7-8-10-21(20)27(22)24-17(2)14-19(15-18(24)3)26(4,5)6;1-16-11-12-23-21(13-16)27-26-20-9-7-8-10-22(20)28(23)24-17(2)14-19(15-18(24)3)25(4,5)6;1-17-12-13-24-22(16-17)10-7-9-21-8-5-6-11-23(21)26(24)25-19(3)14-18(2)15-20(25)4/h7-11,14-17H,12-13H2,1-6H3;7-17H,1-6H3;7-15H,1-6H3;7-15H,1-6H3;5-6,8,11-16H,7,9-10H2,1-4H3. The predicted octanol–water partition coefficient (Wildman–Crippen LogP) is 37.2.